The van der Waals surface area contributed by atoms with Gasteiger partial charge < -0.3 is 14.8 Å². The van der Waals surface area contributed by atoms with Crippen molar-refractivity contribution in [3.05, 3.63) is 53.3 Å². The Hall–Kier alpha value is -2.56. The average molecular weight is 303 g/mol. The lowest BCUT2D eigenvalue weighted by Crippen LogP contribution is -2.15. The molecule has 0 aliphatic heterocycles. The van der Waals surface area contributed by atoms with Crippen LogP contribution in [0.4, 0.5) is 10.1 Å². The van der Waals surface area contributed by atoms with Crippen molar-refractivity contribution in [2.45, 2.75) is 13.3 Å². The third-order valence-corrected chi connectivity index (χ3v) is 3.29. The Morgan fingerprint density at radius 3 is 2.50 bits per heavy atom. The molecular weight excluding hydrogens is 285 g/mol. The predicted molar refractivity (Wildman–Crippen MR) is 83.0 cm³/mol. The second-order valence-electron chi connectivity index (χ2n) is 4.87. The van der Waals surface area contributed by atoms with Crippen molar-refractivity contribution in [3.8, 4) is 11.5 Å². The molecule has 0 aliphatic carbocycles. The van der Waals surface area contributed by atoms with Crippen molar-refractivity contribution >= 4 is 11.6 Å². The van der Waals surface area contributed by atoms with E-state index in [9.17, 15) is 9.18 Å². The summed E-state index contributed by atoms with van der Waals surface area (Å²) in [5, 5.41) is 2.71. The van der Waals surface area contributed by atoms with E-state index >= 15 is 0 Å². The Morgan fingerprint density at radius 2 is 1.82 bits per heavy atom. The monoisotopic (exact) mass is 303 g/mol. The summed E-state index contributed by atoms with van der Waals surface area (Å²) in [6.45, 7) is 1.81. The number of aryl methyl sites for hydroxylation is 1. The number of carbonyl (C=O) groups excluding carboxylic acids is 1. The van der Waals surface area contributed by atoms with E-state index in [0.717, 1.165) is 11.1 Å². The maximum Gasteiger partial charge on any atom is 0.228 e. The lowest BCUT2D eigenvalue weighted by atomic mass is 10.1. The molecule has 1 N–H and O–H groups in total. The van der Waals surface area contributed by atoms with Crippen molar-refractivity contribution in [2.24, 2.45) is 0 Å². The molecule has 2 rings (SSSR count). The number of methoxy groups -OCH3 is 2. The molecule has 4 nitrogen and oxygen atoms in total. The molecule has 0 aromatic heterocycles. The number of rotatable bonds is 5. The fourth-order valence-electron chi connectivity index (χ4n) is 2.10. The number of hydrogen-bond acceptors (Lipinski definition) is 3. The van der Waals surface area contributed by atoms with Crippen molar-refractivity contribution in [1.82, 2.24) is 0 Å². The molecule has 116 valence electrons. The molecule has 0 aliphatic rings. The summed E-state index contributed by atoms with van der Waals surface area (Å²) >= 11 is 0. The van der Waals surface area contributed by atoms with Gasteiger partial charge in [0, 0.05) is 5.69 Å². The van der Waals surface area contributed by atoms with E-state index in [1.165, 1.54) is 19.2 Å². The number of carbonyl (C=O) groups is 1. The molecule has 0 saturated carbocycles. The Kier molecular flexibility index (Phi) is 4.99. The van der Waals surface area contributed by atoms with Crippen LogP contribution in [-0.2, 0) is 11.2 Å². The molecule has 1 amide bonds. The first kappa shape index (κ1) is 15.8. The third kappa shape index (κ3) is 3.75. The fourth-order valence-corrected chi connectivity index (χ4v) is 2.10. The summed E-state index contributed by atoms with van der Waals surface area (Å²) in [4.78, 5) is 12.1. The van der Waals surface area contributed by atoms with Crippen LogP contribution >= 0.6 is 0 Å². The molecule has 0 spiro atoms. The molecule has 22 heavy (non-hydrogen) atoms. The van der Waals surface area contributed by atoms with Crippen LogP contribution in [0.15, 0.2) is 36.4 Å². The van der Waals surface area contributed by atoms with Crippen LogP contribution in [0.25, 0.3) is 0 Å². The van der Waals surface area contributed by atoms with Gasteiger partial charge in [0.05, 0.1) is 20.6 Å². The Bertz CT molecular complexity index is 686. The van der Waals surface area contributed by atoms with Crippen LogP contribution in [0.2, 0.25) is 0 Å². The number of hydrogen-bond donors (Lipinski definition) is 1. The molecule has 0 saturated heterocycles. The summed E-state index contributed by atoms with van der Waals surface area (Å²) < 4.78 is 23.6. The van der Waals surface area contributed by atoms with Crippen LogP contribution in [0, 0.1) is 12.7 Å². The number of anilines is 1. The van der Waals surface area contributed by atoms with Gasteiger partial charge in [-0.3, -0.25) is 4.79 Å². The Labute approximate surface area is 128 Å². The highest BCUT2D eigenvalue weighted by atomic mass is 19.1. The van der Waals surface area contributed by atoms with Gasteiger partial charge in [0.25, 0.3) is 0 Å². The minimum Gasteiger partial charge on any atom is -0.493 e. The molecular formula is C17H18FNO3. The van der Waals surface area contributed by atoms with Crippen LogP contribution in [0.1, 0.15) is 11.1 Å². The molecule has 0 heterocycles. The summed E-state index contributed by atoms with van der Waals surface area (Å²) in [6, 6.07) is 9.58. The van der Waals surface area contributed by atoms with Crippen LogP contribution in [0.5, 0.6) is 11.5 Å². The third-order valence-electron chi connectivity index (χ3n) is 3.29. The van der Waals surface area contributed by atoms with Crippen molar-refractivity contribution in [1.29, 1.82) is 0 Å². The van der Waals surface area contributed by atoms with E-state index in [-0.39, 0.29) is 18.1 Å². The van der Waals surface area contributed by atoms with Gasteiger partial charge in [0.15, 0.2) is 11.5 Å². The van der Waals surface area contributed by atoms with Gasteiger partial charge >= 0.3 is 0 Å². The first-order chi connectivity index (χ1) is 10.5. The number of benzene rings is 2. The second-order valence-corrected chi connectivity index (χ2v) is 4.87. The first-order valence-corrected chi connectivity index (χ1v) is 6.80. The van der Waals surface area contributed by atoms with E-state index in [2.05, 4.69) is 5.32 Å². The van der Waals surface area contributed by atoms with Crippen molar-refractivity contribution in [2.75, 3.05) is 19.5 Å². The van der Waals surface area contributed by atoms with Gasteiger partial charge in [-0.2, -0.15) is 0 Å². The van der Waals surface area contributed by atoms with Crippen LogP contribution < -0.4 is 14.8 Å². The smallest absolute Gasteiger partial charge is 0.228 e. The highest BCUT2D eigenvalue weighted by molar-refractivity contribution is 5.93. The maximum atomic E-state index is 13.2. The predicted octanol–water partition coefficient (Wildman–Crippen LogP) is 3.33. The lowest BCUT2D eigenvalue weighted by molar-refractivity contribution is -0.115. The molecule has 0 fully saturated rings. The quantitative estimate of drug-likeness (QED) is 0.921. The number of amides is 1. The molecule has 0 radical (unpaired) electrons. The minimum absolute atomic E-state index is 0.163. The summed E-state index contributed by atoms with van der Waals surface area (Å²) in [5.41, 5.74) is 2.07. The summed E-state index contributed by atoms with van der Waals surface area (Å²) in [5.74, 6) is 0.565. The summed E-state index contributed by atoms with van der Waals surface area (Å²) in [6.07, 6.45) is 0.163. The fraction of sp³-hybridized carbons (Fsp3) is 0.235. The topological polar surface area (TPSA) is 47.6 Å². The largest absolute Gasteiger partial charge is 0.493 e. The van der Waals surface area contributed by atoms with E-state index in [1.807, 2.05) is 6.92 Å². The molecule has 0 unspecified atom stereocenters. The first-order valence-electron chi connectivity index (χ1n) is 6.80. The average Bonchev–Trinajstić information content (AvgIpc) is 2.50. The number of nitrogens with one attached hydrogen (secondary N) is 1. The Balaban J connectivity index is 2.10. The molecule has 0 bridgehead atoms. The lowest BCUT2D eigenvalue weighted by Gasteiger charge is -2.11. The molecule has 5 heteroatoms. The normalized spacial score (nSPS) is 10.2. The zero-order chi connectivity index (χ0) is 16.1. The van der Waals surface area contributed by atoms with E-state index in [4.69, 9.17) is 9.47 Å². The van der Waals surface area contributed by atoms with Crippen LogP contribution in [0.3, 0.4) is 0 Å². The number of halogens is 1. The van der Waals surface area contributed by atoms with Gasteiger partial charge in [-0.1, -0.05) is 12.1 Å². The van der Waals surface area contributed by atoms with E-state index in [1.54, 1.807) is 31.4 Å². The highest BCUT2D eigenvalue weighted by Crippen LogP contribution is 2.27. The second kappa shape index (κ2) is 6.93. The van der Waals surface area contributed by atoms with E-state index < -0.39 is 0 Å². The van der Waals surface area contributed by atoms with Crippen molar-refractivity contribution < 1.29 is 18.7 Å². The maximum absolute atomic E-state index is 13.2. The zero-order valence-corrected chi connectivity index (χ0v) is 12.8. The highest BCUT2D eigenvalue weighted by Gasteiger charge is 2.10. The molecule has 0 atom stereocenters. The van der Waals surface area contributed by atoms with Gasteiger partial charge in [0.2, 0.25) is 5.91 Å². The zero-order valence-electron chi connectivity index (χ0n) is 12.8. The molecule has 2 aromatic carbocycles. The molecule has 2 aromatic rings. The SMILES string of the molecule is COc1ccc(CC(=O)Nc2cc(F)ccc2C)cc1OC. The van der Waals surface area contributed by atoms with E-state index in [0.29, 0.717) is 17.2 Å². The van der Waals surface area contributed by atoms with Crippen molar-refractivity contribution in [3.63, 3.8) is 0 Å². The van der Waals surface area contributed by atoms with Crippen LogP contribution in [-0.4, -0.2) is 20.1 Å². The Morgan fingerprint density at radius 1 is 1.09 bits per heavy atom. The summed E-state index contributed by atoms with van der Waals surface area (Å²) in [7, 11) is 3.09. The van der Waals surface area contributed by atoms with Gasteiger partial charge in [-0.15, -0.1) is 0 Å². The standard InChI is InChI=1S/C17H18FNO3/c1-11-4-6-13(18)10-14(11)19-17(20)9-12-5-7-15(21-2)16(8-12)22-3/h4-8,10H,9H2,1-3H3,(H,19,20). The van der Waals surface area contributed by atoms with Gasteiger partial charge in [-0.05, 0) is 42.3 Å². The number of ether oxygens (including phenoxy) is 2. The minimum atomic E-state index is -0.382. The van der Waals surface area contributed by atoms with Gasteiger partial charge in [0.1, 0.15) is 5.82 Å². The van der Waals surface area contributed by atoms with Gasteiger partial charge in [-0.25, -0.2) is 4.39 Å².